The number of sulfonamides is 1. The van der Waals surface area contributed by atoms with E-state index in [9.17, 15) is 13.2 Å². The summed E-state index contributed by atoms with van der Waals surface area (Å²) >= 11 is 0. The van der Waals surface area contributed by atoms with Crippen LogP contribution in [0.4, 0.5) is 5.82 Å². The molecule has 0 fully saturated rings. The molecular weight excluding hydrogens is 306 g/mol. The number of esters is 1. The minimum Gasteiger partial charge on any atom is -0.462 e. The van der Waals surface area contributed by atoms with Gasteiger partial charge in [-0.15, -0.1) is 0 Å². The maximum atomic E-state index is 12.4. The van der Waals surface area contributed by atoms with E-state index in [1.807, 2.05) is 6.92 Å². The van der Waals surface area contributed by atoms with Crippen molar-refractivity contribution in [1.82, 2.24) is 9.78 Å². The largest absolute Gasteiger partial charge is 0.462 e. The van der Waals surface area contributed by atoms with E-state index in [1.54, 1.807) is 19.1 Å². The number of aryl methyl sites for hydroxylation is 2. The molecule has 0 amide bonds. The van der Waals surface area contributed by atoms with Gasteiger partial charge >= 0.3 is 5.97 Å². The predicted octanol–water partition coefficient (Wildman–Crippen LogP) is 1.71. The number of rotatable bonds is 5. The number of hydrogen-bond acceptors (Lipinski definition) is 5. The highest BCUT2D eigenvalue weighted by molar-refractivity contribution is 7.92. The molecule has 22 heavy (non-hydrogen) atoms. The quantitative estimate of drug-likeness (QED) is 0.846. The van der Waals surface area contributed by atoms with Crippen LogP contribution in [0, 0.1) is 6.92 Å². The van der Waals surface area contributed by atoms with Gasteiger partial charge in [-0.2, -0.15) is 5.10 Å². The Balaban J connectivity index is 2.36. The van der Waals surface area contributed by atoms with Gasteiger partial charge in [-0.25, -0.2) is 13.2 Å². The zero-order valence-corrected chi connectivity index (χ0v) is 13.3. The van der Waals surface area contributed by atoms with Gasteiger partial charge in [-0.1, -0.05) is 17.7 Å². The van der Waals surface area contributed by atoms with Gasteiger partial charge in [0.2, 0.25) is 0 Å². The molecule has 0 saturated carbocycles. The van der Waals surface area contributed by atoms with E-state index in [-0.39, 0.29) is 22.9 Å². The van der Waals surface area contributed by atoms with Crippen LogP contribution < -0.4 is 4.72 Å². The third-order valence-corrected chi connectivity index (χ3v) is 4.35. The molecule has 1 aromatic heterocycles. The Bertz CT molecular complexity index is 779. The lowest BCUT2D eigenvalue weighted by Gasteiger charge is -2.10. The monoisotopic (exact) mass is 323 g/mol. The maximum Gasteiger partial charge on any atom is 0.343 e. The Kier molecular flexibility index (Phi) is 4.51. The van der Waals surface area contributed by atoms with Crippen LogP contribution in [0.3, 0.4) is 0 Å². The Hall–Kier alpha value is -2.35. The van der Waals surface area contributed by atoms with E-state index in [2.05, 4.69) is 9.82 Å². The number of benzene rings is 1. The van der Waals surface area contributed by atoms with Gasteiger partial charge in [0, 0.05) is 7.05 Å². The third-order valence-electron chi connectivity index (χ3n) is 3.00. The number of nitrogens with zero attached hydrogens (tertiary/aromatic N) is 2. The van der Waals surface area contributed by atoms with E-state index >= 15 is 0 Å². The highest BCUT2D eigenvalue weighted by Gasteiger charge is 2.23. The van der Waals surface area contributed by atoms with Crippen molar-refractivity contribution in [1.29, 1.82) is 0 Å². The van der Waals surface area contributed by atoms with Crippen LogP contribution in [0.15, 0.2) is 35.4 Å². The smallest absolute Gasteiger partial charge is 0.343 e. The lowest BCUT2D eigenvalue weighted by Crippen LogP contribution is -2.18. The summed E-state index contributed by atoms with van der Waals surface area (Å²) in [6, 6.07) is 6.39. The molecule has 2 aromatic rings. The summed E-state index contributed by atoms with van der Waals surface area (Å²) in [5.41, 5.74) is 1.02. The highest BCUT2D eigenvalue weighted by atomic mass is 32.2. The Morgan fingerprint density at radius 3 is 2.55 bits per heavy atom. The van der Waals surface area contributed by atoms with E-state index in [4.69, 9.17) is 4.74 Å². The van der Waals surface area contributed by atoms with Gasteiger partial charge < -0.3 is 4.74 Å². The molecule has 0 saturated heterocycles. The molecule has 7 nitrogen and oxygen atoms in total. The first-order chi connectivity index (χ1) is 10.3. The van der Waals surface area contributed by atoms with Crippen molar-refractivity contribution < 1.29 is 17.9 Å². The molecule has 0 radical (unpaired) electrons. The average molecular weight is 323 g/mol. The van der Waals surface area contributed by atoms with E-state index < -0.39 is 16.0 Å². The fourth-order valence-electron chi connectivity index (χ4n) is 1.82. The molecule has 118 valence electrons. The zero-order chi connectivity index (χ0) is 16.3. The predicted molar refractivity (Wildman–Crippen MR) is 81.2 cm³/mol. The van der Waals surface area contributed by atoms with Gasteiger partial charge in [-0.3, -0.25) is 9.40 Å². The summed E-state index contributed by atoms with van der Waals surface area (Å²) in [5, 5.41) is 3.90. The van der Waals surface area contributed by atoms with Crippen molar-refractivity contribution in [2.75, 3.05) is 11.3 Å². The van der Waals surface area contributed by atoms with Crippen molar-refractivity contribution in [3.63, 3.8) is 0 Å². The standard InChI is InChI=1S/C14H17N3O4S/c1-4-21-14(18)12-9-15-17(3)13(12)16-22(19,20)11-7-5-10(2)6-8-11/h5-9,16H,4H2,1-3H3. The fourth-order valence-corrected chi connectivity index (χ4v) is 2.93. The number of nitrogens with one attached hydrogen (secondary N) is 1. The van der Waals surface area contributed by atoms with Crippen LogP contribution in [-0.4, -0.2) is 30.8 Å². The highest BCUT2D eigenvalue weighted by Crippen LogP contribution is 2.20. The molecule has 1 heterocycles. The minimum atomic E-state index is -3.81. The van der Waals surface area contributed by atoms with Crippen molar-refractivity contribution in [3.05, 3.63) is 41.6 Å². The Labute approximate surface area is 129 Å². The number of carbonyl (C=O) groups excluding carboxylic acids is 1. The van der Waals surface area contributed by atoms with E-state index in [0.717, 1.165) is 5.56 Å². The Morgan fingerprint density at radius 1 is 1.32 bits per heavy atom. The van der Waals surface area contributed by atoms with Gasteiger partial charge in [0.1, 0.15) is 5.56 Å². The molecule has 8 heteroatoms. The SMILES string of the molecule is CCOC(=O)c1cnn(C)c1NS(=O)(=O)c1ccc(C)cc1. The summed E-state index contributed by atoms with van der Waals surface area (Å²) in [4.78, 5) is 11.9. The van der Waals surface area contributed by atoms with Crippen molar-refractivity contribution >= 4 is 21.8 Å². The molecule has 0 aliphatic carbocycles. The lowest BCUT2D eigenvalue weighted by atomic mass is 10.2. The van der Waals surface area contributed by atoms with Gasteiger partial charge in [-0.05, 0) is 26.0 Å². The van der Waals surface area contributed by atoms with Crippen LogP contribution in [0.1, 0.15) is 22.8 Å². The minimum absolute atomic E-state index is 0.0685. The molecule has 0 spiro atoms. The molecule has 0 atom stereocenters. The van der Waals surface area contributed by atoms with Crippen LogP contribution in [0.2, 0.25) is 0 Å². The zero-order valence-electron chi connectivity index (χ0n) is 12.5. The lowest BCUT2D eigenvalue weighted by molar-refractivity contribution is 0.0527. The van der Waals surface area contributed by atoms with Crippen LogP contribution in [0.5, 0.6) is 0 Å². The molecule has 0 bridgehead atoms. The molecule has 1 aromatic carbocycles. The van der Waals surface area contributed by atoms with Crippen LogP contribution >= 0.6 is 0 Å². The first-order valence-electron chi connectivity index (χ1n) is 6.63. The Morgan fingerprint density at radius 2 is 1.95 bits per heavy atom. The number of ether oxygens (including phenoxy) is 1. The fraction of sp³-hybridized carbons (Fsp3) is 0.286. The molecule has 0 aliphatic rings. The van der Waals surface area contributed by atoms with Gasteiger partial charge in [0.25, 0.3) is 10.0 Å². The van der Waals surface area contributed by atoms with Gasteiger partial charge in [0.15, 0.2) is 5.82 Å². The molecule has 2 rings (SSSR count). The normalized spacial score (nSPS) is 11.2. The summed E-state index contributed by atoms with van der Waals surface area (Å²) in [5.74, 6) is -0.559. The summed E-state index contributed by atoms with van der Waals surface area (Å²) < 4.78 is 33.3. The van der Waals surface area contributed by atoms with E-state index in [1.165, 1.54) is 30.1 Å². The van der Waals surface area contributed by atoms with Crippen molar-refractivity contribution in [2.45, 2.75) is 18.7 Å². The molecule has 0 aliphatic heterocycles. The number of carbonyl (C=O) groups is 1. The van der Waals surface area contributed by atoms with Gasteiger partial charge in [0.05, 0.1) is 17.7 Å². The number of hydrogen-bond donors (Lipinski definition) is 1. The first-order valence-corrected chi connectivity index (χ1v) is 8.12. The molecule has 1 N–H and O–H groups in total. The number of aromatic nitrogens is 2. The summed E-state index contributed by atoms with van der Waals surface area (Å²) in [6.07, 6.45) is 1.27. The summed E-state index contributed by atoms with van der Waals surface area (Å²) in [6.45, 7) is 3.73. The number of anilines is 1. The topological polar surface area (TPSA) is 90.3 Å². The average Bonchev–Trinajstić information content (AvgIpc) is 2.80. The second-order valence-electron chi connectivity index (χ2n) is 4.67. The second-order valence-corrected chi connectivity index (χ2v) is 6.35. The second kappa shape index (κ2) is 6.18. The maximum absolute atomic E-state index is 12.4. The van der Waals surface area contributed by atoms with Crippen LogP contribution in [-0.2, 0) is 21.8 Å². The van der Waals surface area contributed by atoms with Crippen LogP contribution in [0.25, 0.3) is 0 Å². The van der Waals surface area contributed by atoms with Crippen molar-refractivity contribution in [3.8, 4) is 0 Å². The third kappa shape index (κ3) is 3.28. The summed E-state index contributed by atoms with van der Waals surface area (Å²) in [7, 11) is -2.27. The van der Waals surface area contributed by atoms with Crippen molar-refractivity contribution in [2.24, 2.45) is 7.05 Å². The van der Waals surface area contributed by atoms with E-state index in [0.29, 0.717) is 0 Å². The first kappa shape index (κ1) is 16.0. The molecular formula is C14H17N3O4S. The molecule has 0 unspecified atom stereocenters.